The van der Waals surface area contributed by atoms with E-state index >= 15 is 0 Å². The minimum Gasteiger partial charge on any atom is -0.391 e. The Morgan fingerprint density at radius 3 is 2.81 bits per heavy atom. The number of aliphatic hydroxyl groups excluding tert-OH is 1. The largest absolute Gasteiger partial charge is 0.391 e. The van der Waals surface area contributed by atoms with Crippen LogP contribution in [0.25, 0.3) is 0 Å². The van der Waals surface area contributed by atoms with Crippen molar-refractivity contribution in [2.24, 2.45) is 0 Å². The standard InChI is InChI=1S/C11H11F2NO2/c12-9-3-1-2-7(11(9)13)5-14-6-8(15)4-10(14)16/h1-3,8,15H,4-6H2. The number of nitrogens with zero attached hydrogens (tertiary/aromatic N) is 1. The van der Waals surface area contributed by atoms with Gasteiger partial charge >= 0.3 is 0 Å². The molecule has 1 aromatic rings. The minimum absolute atomic E-state index is 0.000509. The Hall–Kier alpha value is -1.49. The molecule has 1 atom stereocenters. The van der Waals surface area contributed by atoms with Crippen LogP contribution in [-0.2, 0) is 11.3 Å². The molecule has 0 saturated carbocycles. The van der Waals surface area contributed by atoms with Gasteiger partial charge in [0.1, 0.15) is 0 Å². The average molecular weight is 227 g/mol. The van der Waals surface area contributed by atoms with Gasteiger partial charge in [0, 0.05) is 18.7 Å². The van der Waals surface area contributed by atoms with Gasteiger partial charge in [0.05, 0.1) is 12.5 Å². The van der Waals surface area contributed by atoms with Crippen molar-refractivity contribution in [3.63, 3.8) is 0 Å². The van der Waals surface area contributed by atoms with Crippen LogP contribution >= 0.6 is 0 Å². The zero-order valence-electron chi connectivity index (χ0n) is 8.49. The third-order valence-corrected chi connectivity index (χ3v) is 2.59. The topological polar surface area (TPSA) is 40.5 Å². The van der Waals surface area contributed by atoms with E-state index in [0.29, 0.717) is 0 Å². The Kier molecular flexibility index (Phi) is 2.87. The molecule has 0 bridgehead atoms. The van der Waals surface area contributed by atoms with Gasteiger partial charge in [-0.2, -0.15) is 0 Å². The van der Waals surface area contributed by atoms with Crippen molar-refractivity contribution in [3.8, 4) is 0 Å². The lowest BCUT2D eigenvalue weighted by Crippen LogP contribution is -2.25. The number of carbonyl (C=O) groups is 1. The van der Waals surface area contributed by atoms with E-state index in [1.54, 1.807) is 0 Å². The summed E-state index contributed by atoms with van der Waals surface area (Å²) in [6.07, 6.45) is -0.652. The summed E-state index contributed by atoms with van der Waals surface area (Å²) in [6, 6.07) is 3.85. The van der Waals surface area contributed by atoms with Crippen LogP contribution < -0.4 is 0 Å². The van der Waals surface area contributed by atoms with Crippen molar-refractivity contribution < 1.29 is 18.7 Å². The van der Waals surface area contributed by atoms with Gasteiger partial charge in [0.2, 0.25) is 5.91 Å². The van der Waals surface area contributed by atoms with E-state index in [4.69, 9.17) is 0 Å². The molecule has 1 unspecified atom stereocenters. The fraction of sp³-hybridized carbons (Fsp3) is 0.364. The first-order chi connectivity index (χ1) is 7.58. The Morgan fingerprint density at radius 2 is 2.19 bits per heavy atom. The zero-order chi connectivity index (χ0) is 11.7. The molecule has 1 heterocycles. The summed E-state index contributed by atoms with van der Waals surface area (Å²) < 4.78 is 26.2. The van der Waals surface area contributed by atoms with E-state index in [9.17, 15) is 18.7 Å². The lowest BCUT2D eigenvalue weighted by atomic mass is 10.2. The van der Waals surface area contributed by atoms with Crippen LogP contribution in [0.3, 0.4) is 0 Å². The quantitative estimate of drug-likeness (QED) is 0.820. The van der Waals surface area contributed by atoms with Crippen molar-refractivity contribution >= 4 is 5.91 Å². The fourth-order valence-electron chi connectivity index (χ4n) is 1.78. The first kappa shape index (κ1) is 11.0. The lowest BCUT2D eigenvalue weighted by molar-refractivity contribution is -0.128. The predicted octanol–water partition coefficient (Wildman–Crippen LogP) is 1.06. The average Bonchev–Trinajstić information content (AvgIpc) is 2.53. The molecule has 1 aromatic carbocycles. The number of carbonyl (C=O) groups excluding carboxylic acids is 1. The SMILES string of the molecule is O=C1CC(O)CN1Cc1cccc(F)c1F. The summed E-state index contributed by atoms with van der Waals surface area (Å²) in [7, 11) is 0. The molecule has 0 aromatic heterocycles. The number of aliphatic hydroxyl groups is 1. The summed E-state index contributed by atoms with van der Waals surface area (Å²) >= 11 is 0. The van der Waals surface area contributed by atoms with Gasteiger partial charge in [0.25, 0.3) is 0 Å². The van der Waals surface area contributed by atoms with Crippen LogP contribution in [0.1, 0.15) is 12.0 Å². The van der Waals surface area contributed by atoms with Crippen LogP contribution in [0.15, 0.2) is 18.2 Å². The van der Waals surface area contributed by atoms with Gasteiger partial charge in [-0.25, -0.2) is 8.78 Å². The van der Waals surface area contributed by atoms with E-state index in [1.807, 2.05) is 0 Å². The fourth-order valence-corrected chi connectivity index (χ4v) is 1.78. The maximum atomic E-state index is 13.3. The minimum atomic E-state index is -0.934. The van der Waals surface area contributed by atoms with E-state index in [0.717, 1.165) is 6.07 Å². The Bertz CT molecular complexity index is 422. The molecule has 1 aliphatic heterocycles. The molecule has 16 heavy (non-hydrogen) atoms. The van der Waals surface area contributed by atoms with Crippen LogP contribution in [-0.4, -0.2) is 28.6 Å². The first-order valence-electron chi connectivity index (χ1n) is 4.96. The second-order valence-corrected chi connectivity index (χ2v) is 3.85. The molecule has 1 aliphatic rings. The molecule has 0 spiro atoms. The maximum Gasteiger partial charge on any atom is 0.225 e. The molecular weight excluding hydrogens is 216 g/mol. The summed E-state index contributed by atoms with van der Waals surface area (Å²) in [5.41, 5.74) is 0.127. The Morgan fingerprint density at radius 1 is 1.44 bits per heavy atom. The smallest absolute Gasteiger partial charge is 0.225 e. The van der Waals surface area contributed by atoms with Gasteiger partial charge in [-0.1, -0.05) is 12.1 Å². The summed E-state index contributed by atoms with van der Waals surface area (Å²) in [5.74, 6) is -2.10. The highest BCUT2D eigenvalue weighted by Crippen LogP contribution is 2.18. The van der Waals surface area contributed by atoms with Crippen LogP contribution in [0, 0.1) is 11.6 Å². The van der Waals surface area contributed by atoms with Crippen molar-refractivity contribution in [1.82, 2.24) is 4.90 Å². The Labute approximate surface area is 91.3 Å². The van der Waals surface area contributed by atoms with Gasteiger partial charge in [-0.15, -0.1) is 0 Å². The molecule has 1 amide bonds. The summed E-state index contributed by atoms with van der Waals surface area (Å²) in [6.45, 7) is 0.175. The van der Waals surface area contributed by atoms with E-state index < -0.39 is 17.7 Å². The monoisotopic (exact) mass is 227 g/mol. The third-order valence-electron chi connectivity index (χ3n) is 2.59. The molecule has 2 rings (SSSR count). The molecule has 5 heteroatoms. The number of β-amino-alcohol motifs (C(OH)–C–C–N with tert-alkyl or cyclic N) is 1. The number of benzene rings is 1. The second-order valence-electron chi connectivity index (χ2n) is 3.85. The second kappa shape index (κ2) is 4.17. The zero-order valence-corrected chi connectivity index (χ0v) is 8.49. The molecule has 3 nitrogen and oxygen atoms in total. The molecule has 0 aliphatic carbocycles. The third kappa shape index (κ3) is 2.04. The molecule has 1 N–H and O–H groups in total. The normalized spacial score (nSPS) is 20.6. The molecule has 86 valence electrons. The number of halogens is 2. The van der Waals surface area contributed by atoms with Gasteiger partial charge in [0.15, 0.2) is 11.6 Å². The molecule has 1 saturated heterocycles. The van der Waals surface area contributed by atoms with Crippen molar-refractivity contribution in [1.29, 1.82) is 0 Å². The van der Waals surface area contributed by atoms with E-state index in [1.165, 1.54) is 17.0 Å². The molecule has 1 fully saturated rings. The van der Waals surface area contributed by atoms with Crippen molar-refractivity contribution in [3.05, 3.63) is 35.4 Å². The highest BCUT2D eigenvalue weighted by Gasteiger charge is 2.28. The predicted molar refractivity (Wildman–Crippen MR) is 52.4 cm³/mol. The number of hydrogen-bond donors (Lipinski definition) is 1. The van der Waals surface area contributed by atoms with Gasteiger partial charge in [-0.3, -0.25) is 4.79 Å². The number of rotatable bonds is 2. The van der Waals surface area contributed by atoms with Crippen LogP contribution in [0.2, 0.25) is 0 Å². The molecular formula is C11H11F2NO2. The highest BCUT2D eigenvalue weighted by atomic mass is 19.2. The first-order valence-corrected chi connectivity index (χ1v) is 4.96. The number of hydrogen-bond acceptors (Lipinski definition) is 2. The van der Waals surface area contributed by atoms with Crippen molar-refractivity contribution in [2.45, 2.75) is 19.1 Å². The molecule has 0 radical (unpaired) electrons. The van der Waals surface area contributed by atoms with Gasteiger partial charge in [-0.05, 0) is 6.07 Å². The number of likely N-dealkylation sites (tertiary alicyclic amines) is 1. The van der Waals surface area contributed by atoms with Crippen LogP contribution in [0.4, 0.5) is 8.78 Å². The maximum absolute atomic E-state index is 13.3. The number of amides is 1. The summed E-state index contributed by atoms with van der Waals surface area (Å²) in [4.78, 5) is 12.7. The van der Waals surface area contributed by atoms with Crippen LogP contribution in [0.5, 0.6) is 0 Å². The van der Waals surface area contributed by atoms with E-state index in [-0.39, 0.29) is 31.0 Å². The van der Waals surface area contributed by atoms with Crippen molar-refractivity contribution in [2.75, 3.05) is 6.54 Å². The van der Waals surface area contributed by atoms with E-state index in [2.05, 4.69) is 0 Å². The highest BCUT2D eigenvalue weighted by molar-refractivity contribution is 5.79. The lowest BCUT2D eigenvalue weighted by Gasteiger charge is -2.16. The summed E-state index contributed by atoms with van der Waals surface area (Å²) in [5, 5.41) is 9.24. The Balaban J connectivity index is 2.15. The van der Waals surface area contributed by atoms with Gasteiger partial charge < -0.3 is 10.0 Å².